The Balaban J connectivity index is 1.53. The van der Waals surface area contributed by atoms with Crippen LogP contribution in [-0.4, -0.2) is 61.5 Å². The summed E-state index contributed by atoms with van der Waals surface area (Å²) in [5.74, 6) is 0.306. The summed E-state index contributed by atoms with van der Waals surface area (Å²) < 4.78 is 7.58. The predicted octanol–water partition coefficient (Wildman–Crippen LogP) is 1.81. The van der Waals surface area contributed by atoms with Gasteiger partial charge in [-0.3, -0.25) is 9.59 Å². The van der Waals surface area contributed by atoms with Crippen LogP contribution >= 0.6 is 0 Å². The molecule has 0 aliphatic carbocycles. The topological polar surface area (TPSA) is 52.9 Å². The number of ether oxygens (including phenoxy) is 1. The molecule has 6 nitrogen and oxygen atoms in total. The van der Waals surface area contributed by atoms with Crippen LogP contribution in [-0.2, 0) is 14.3 Å². The monoisotopic (exact) mass is 356 g/mol. The molecule has 0 saturated carbocycles. The first kappa shape index (κ1) is 17.2. The Bertz CT molecular complexity index is 718. The van der Waals surface area contributed by atoms with Gasteiger partial charge >= 0.3 is 5.91 Å². The van der Waals surface area contributed by atoms with Crippen LogP contribution in [0.2, 0.25) is 0 Å². The van der Waals surface area contributed by atoms with Crippen LogP contribution in [0, 0.1) is 0 Å². The largest absolute Gasteiger partial charge is 0.368 e. The second-order valence-electron chi connectivity index (χ2n) is 7.13. The summed E-state index contributed by atoms with van der Waals surface area (Å²) in [5, 5.41) is 0. The van der Waals surface area contributed by atoms with Crippen molar-refractivity contribution in [2.75, 3.05) is 49.2 Å². The molecule has 3 saturated heterocycles. The van der Waals surface area contributed by atoms with Crippen molar-refractivity contribution in [3.05, 3.63) is 24.3 Å². The molecule has 6 heteroatoms. The molecule has 3 fully saturated rings. The molecule has 3 heterocycles. The van der Waals surface area contributed by atoms with Crippen LogP contribution < -0.4 is 9.80 Å². The number of nitrogens with zero attached hydrogens (tertiary/aromatic N) is 3. The molecular formula is C20H26N3O3+. The first-order valence-corrected chi connectivity index (χ1v) is 9.65. The van der Waals surface area contributed by atoms with E-state index < -0.39 is 0 Å². The number of hydrogen-bond acceptors (Lipinski definition) is 3. The molecule has 4 rings (SSSR count). The average Bonchev–Trinajstić information content (AvgIpc) is 2.69. The van der Waals surface area contributed by atoms with E-state index in [1.807, 2.05) is 34.1 Å². The van der Waals surface area contributed by atoms with Crippen molar-refractivity contribution in [2.24, 2.45) is 0 Å². The zero-order chi connectivity index (χ0) is 17.9. The molecule has 0 unspecified atom stereocenters. The van der Waals surface area contributed by atoms with E-state index in [0.717, 1.165) is 68.9 Å². The summed E-state index contributed by atoms with van der Waals surface area (Å²) in [4.78, 5) is 28.8. The van der Waals surface area contributed by atoms with Crippen LogP contribution in [0.15, 0.2) is 24.3 Å². The molecular weight excluding hydrogens is 330 g/mol. The van der Waals surface area contributed by atoms with Gasteiger partial charge in [-0.15, -0.1) is 0 Å². The number of rotatable bonds is 2. The molecule has 0 radical (unpaired) electrons. The van der Waals surface area contributed by atoms with E-state index in [1.165, 1.54) is 0 Å². The number of benzene rings is 1. The first-order chi connectivity index (χ1) is 12.7. The minimum Gasteiger partial charge on any atom is -0.368 e. The fraction of sp³-hybridized carbons (Fsp3) is 0.550. The lowest BCUT2D eigenvalue weighted by atomic mass is 10.1. The molecule has 0 bridgehead atoms. The van der Waals surface area contributed by atoms with Crippen molar-refractivity contribution in [1.29, 1.82) is 0 Å². The summed E-state index contributed by atoms with van der Waals surface area (Å²) in [5.41, 5.74) is 2.75. The normalized spacial score (nSPS) is 22.2. The Labute approximate surface area is 154 Å². The quantitative estimate of drug-likeness (QED) is 0.760. The van der Waals surface area contributed by atoms with Gasteiger partial charge in [0.15, 0.2) is 13.1 Å². The molecule has 138 valence electrons. The van der Waals surface area contributed by atoms with E-state index in [1.54, 1.807) is 0 Å². The summed E-state index contributed by atoms with van der Waals surface area (Å²) in [7, 11) is 0. The van der Waals surface area contributed by atoms with E-state index in [9.17, 15) is 9.59 Å². The molecule has 1 aromatic rings. The van der Waals surface area contributed by atoms with Crippen LogP contribution in [0.4, 0.5) is 11.4 Å². The van der Waals surface area contributed by atoms with Crippen molar-refractivity contribution in [2.45, 2.75) is 32.1 Å². The zero-order valence-corrected chi connectivity index (χ0v) is 15.2. The Morgan fingerprint density at radius 2 is 1.46 bits per heavy atom. The zero-order valence-electron chi connectivity index (χ0n) is 15.2. The molecule has 0 atom stereocenters. The maximum atomic E-state index is 13.0. The number of piperidine rings is 2. The Morgan fingerprint density at radius 1 is 0.808 bits per heavy atom. The summed E-state index contributed by atoms with van der Waals surface area (Å²) in [6.07, 6.45) is 4.48. The van der Waals surface area contributed by atoms with Gasteiger partial charge in [0.05, 0.1) is 0 Å². The second kappa shape index (κ2) is 7.58. The lowest BCUT2D eigenvalue weighted by molar-refractivity contribution is -0.549. The van der Waals surface area contributed by atoms with Crippen molar-refractivity contribution in [3.63, 3.8) is 0 Å². The highest BCUT2D eigenvalue weighted by Crippen LogP contribution is 2.26. The predicted molar refractivity (Wildman–Crippen MR) is 100 cm³/mol. The average molecular weight is 356 g/mol. The van der Waals surface area contributed by atoms with Gasteiger partial charge in [0.25, 0.3) is 0 Å². The summed E-state index contributed by atoms with van der Waals surface area (Å²) >= 11 is 0. The summed E-state index contributed by atoms with van der Waals surface area (Å²) in [6, 6.07) is 7.87. The van der Waals surface area contributed by atoms with E-state index in [0.29, 0.717) is 19.6 Å². The van der Waals surface area contributed by atoms with E-state index in [2.05, 4.69) is 4.58 Å². The highest BCUT2D eigenvalue weighted by atomic mass is 16.5. The number of amides is 2. The maximum absolute atomic E-state index is 13.0. The molecule has 0 N–H and O–H groups in total. The fourth-order valence-corrected chi connectivity index (χ4v) is 4.03. The van der Waals surface area contributed by atoms with Crippen LogP contribution in [0.5, 0.6) is 0 Å². The van der Waals surface area contributed by atoms with Gasteiger partial charge in [-0.05, 0) is 43.5 Å². The van der Waals surface area contributed by atoms with Crippen LogP contribution in [0.3, 0.4) is 0 Å². The lowest BCUT2D eigenvalue weighted by Gasteiger charge is -2.29. The van der Waals surface area contributed by atoms with Crippen LogP contribution in [0.25, 0.3) is 0 Å². The third-order valence-electron chi connectivity index (χ3n) is 5.48. The third-order valence-corrected chi connectivity index (χ3v) is 5.48. The molecule has 2 amide bonds. The van der Waals surface area contributed by atoms with Gasteiger partial charge in [0, 0.05) is 37.3 Å². The first-order valence-electron chi connectivity index (χ1n) is 9.65. The van der Waals surface area contributed by atoms with Gasteiger partial charge in [0.1, 0.15) is 13.2 Å². The van der Waals surface area contributed by atoms with Gasteiger partial charge in [-0.25, -0.2) is 4.58 Å². The van der Waals surface area contributed by atoms with Crippen molar-refractivity contribution >= 4 is 28.9 Å². The van der Waals surface area contributed by atoms with Crippen molar-refractivity contribution in [1.82, 2.24) is 0 Å². The smallest absolute Gasteiger partial charge is 0.317 e. The van der Waals surface area contributed by atoms with E-state index >= 15 is 0 Å². The minimum atomic E-state index is 0.111. The number of morpholine rings is 1. The maximum Gasteiger partial charge on any atom is 0.317 e. The highest BCUT2D eigenvalue weighted by Gasteiger charge is 2.33. The Morgan fingerprint density at radius 3 is 2.15 bits per heavy atom. The highest BCUT2D eigenvalue weighted by molar-refractivity contribution is 6.42. The lowest BCUT2D eigenvalue weighted by Crippen LogP contribution is -2.47. The minimum absolute atomic E-state index is 0.111. The molecule has 3 aliphatic rings. The molecule has 0 spiro atoms. The molecule has 3 aliphatic heterocycles. The number of anilines is 2. The molecule has 1 aromatic carbocycles. The third kappa shape index (κ3) is 3.38. The van der Waals surface area contributed by atoms with Gasteiger partial charge in [-0.1, -0.05) is 0 Å². The van der Waals surface area contributed by atoms with E-state index in [-0.39, 0.29) is 11.8 Å². The SMILES string of the molecule is O=C1CCCCN1c1ccc(N2CCCC(=[N+]3CCOCC3)C2=O)cc1. The van der Waals surface area contributed by atoms with Gasteiger partial charge < -0.3 is 14.5 Å². The second-order valence-corrected chi connectivity index (χ2v) is 7.13. The Kier molecular flexibility index (Phi) is 5.02. The van der Waals surface area contributed by atoms with Crippen molar-refractivity contribution < 1.29 is 18.9 Å². The fourth-order valence-electron chi connectivity index (χ4n) is 4.03. The summed E-state index contributed by atoms with van der Waals surface area (Å²) in [6.45, 7) is 4.50. The molecule has 26 heavy (non-hydrogen) atoms. The van der Waals surface area contributed by atoms with Gasteiger partial charge in [-0.2, -0.15) is 0 Å². The molecule has 0 aromatic heterocycles. The standard InChI is InChI=1S/C20H26N3O3/c24-19-5-1-2-10-22(19)16-6-8-17(9-7-16)23-11-3-4-18(20(23)25)21-12-14-26-15-13-21/h6-9H,1-5,10-15H2/q+1. The number of hydrogen-bond donors (Lipinski definition) is 0. The van der Waals surface area contributed by atoms with Crippen LogP contribution in [0.1, 0.15) is 32.1 Å². The Hall–Kier alpha value is -2.21. The number of carbonyl (C=O) groups excluding carboxylic acids is 2. The number of carbonyl (C=O) groups is 2. The van der Waals surface area contributed by atoms with E-state index in [4.69, 9.17) is 4.74 Å². The van der Waals surface area contributed by atoms with Gasteiger partial charge in [0.2, 0.25) is 11.6 Å². The van der Waals surface area contributed by atoms with Crippen molar-refractivity contribution in [3.8, 4) is 0 Å².